The summed E-state index contributed by atoms with van der Waals surface area (Å²) in [5, 5.41) is 0. The van der Waals surface area contributed by atoms with Crippen molar-refractivity contribution >= 4 is 22.1 Å². The molecule has 0 aromatic carbocycles. The Morgan fingerprint density at radius 3 is 1.95 bits per heavy atom. The van der Waals surface area contributed by atoms with Gasteiger partial charge in [0.2, 0.25) is 0 Å². The van der Waals surface area contributed by atoms with Crippen LogP contribution < -0.4 is 0 Å². The third-order valence-electron chi connectivity index (χ3n) is 2.97. The van der Waals surface area contributed by atoms with Gasteiger partial charge < -0.3 is 9.47 Å². The second-order valence-corrected chi connectivity index (χ2v) is 6.66. The number of carbonyl (C=O) groups excluding carboxylic acids is 2. The van der Waals surface area contributed by atoms with Gasteiger partial charge in [0, 0.05) is 0 Å². The summed E-state index contributed by atoms with van der Waals surface area (Å²) in [5.41, 5.74) is 0. The molecule has 0 aliphatic heterocycles. The first-order valence-corrected chi connectivity index (χ1v) is 8.13. The number of hydrogen-bond acceptors (Lipinski definition) is 6. The fourth-order valence-corrected chi connectivity index (χ4v) is 2.30. The molecular formula is C12H20O7S. The quantitative estimate of drug-likeness (QED) is 0.594. The lowest BCUT2D eigenvalue weighted by molar-refractivity contribution is -0.159. The smallest absolute Gasteiger partial charge is 0.323 e. The number of esters is 2. The largest absolute Gasteiger partial charge is 0.462 e. The molecule has 0 amide bonds. The molecule has 1 saturated carbocycles. The Kier molecular flexibility index (Phi) is 5.94. The molecule has 0 radical (unpaired) electrons. The number of carbonyl (C=O) groups is 2. The molecule has 116 valence electrons. The van der Waals surface area contributed by atoms with E-state index in [4.69, 9.17) is 14.0 Å². The van der Waals surface area contributed by atoms with Crippen LogP contribution >= 0.6 is 0 Å². The van der Waals surface area contributed by atoms with Crippen molar-refractivity contribution in [3.63, 3.8) is 0 Å². The fraction of sp³-hybridized carbons (Fsp3) is 0.833. The molecule has 0 aromatic heterocycles. The van der Waals surface area contributed by atoms with Crippen molar-refractivity contribution in [2.24, 2.45) is 5.92 Å². The second kappa shape index (κ2) is 7.03. The Labute approximate surface area is 118 Å². The van der Waals surface area contributed by atoms with E-state index in [1.165, 1.54) is 0 Å². The molecule has 0 unspecified atom stereocenters. The summed E-state index contributed by atoms with van der Waals surface area (Å²) in [6.45, 7) is 3.51. The predicted octanol–water partition coefficient (Wildman–Crippen LogP) is 0.928. The summed E-state index contributed by atoms with van der Waals surface area (Å²) in [7, 11) is -4.35. The highest BCUT2D eigenvalue weighted by Gasteiger charge is 2.27. The molecule has 8 heteroatoms. The van der Waals surface area contributed by atoms with Gasteiger partial charge in [0.05, 0.1) is 5.92 Å². The van der Waals surface area contributed by atoms with E-state index in [1.807, 2.05) is 0 Å². The summed E-state index contributed by atoms with van der Waals surface area (Å²) >= 11 is 0. The number of rotatable bonds is 5. The maximum absolute atomic E-state index is 11.4. The van der Waals surface area contributed by atoms with Crippen LogP contribution in [0.5, 0.6) is 0 Å². The van der Waals surface area contributed by atoms with Crippen LogP contribution in [0.2, 0.25) is 0 Å². The molecule has 7 nitrogen and oxygen atoms in total. The molecule has 0 heterocycles. The summed E-state index contributed by atoms with van der Waals surface area (Å²) in [6.07, 6.45) is 1.59. The van der Waals surface area contributed by atoms with Gasteiger partial charge in [0.1, 0.15) is 12.2 Å². The topological polar surface area (TPSA) is 107 Å². The van der Waals surface area contributed by atoms with E-state index in [1.54, 1.807) is 13.8 Å². The lowest BCUT2D eigenvalue weighted by atomic mass is 9.95. The first-order chi connectivity index (χ1) is 9.17. The molecule has 1 aliphatic carbocycles. The maximum atomic E-state index is 11.4. The Morgan fingerprint density at radius 2 is 1.55 bits per heavy atom. The normalized spacial score (nSPS) is 23.4. The van der Waals surface area contributed by atoms with Crippen LogP contribution in [0.25, 0.3) is 0 Å². The zero-order valence-corrected chi connectivity index (χ0v) is 12.4. The van der Waals surface area contributed by atoms with Crippen LogP contribution in [-0.2, 0) is 29.2 Å². The molecule has 1 N–H and O–H groups in total. The van der Waals surface area contributed by atoms with Gasteiger partial charge >= 0.3 is 11.9 Å². The SMILES string of the molecule is CC(C)C(=O)OC1CCC(OC(=O)CS(=O)(=O)O)CC1. The van der Waals surface area contributed by atoms with Crippen LogP contribution in [0.1, 0.15) is 39.5 Å². The van der Waals surface area contributed by atoms with Crippen LogP contribution in [0.4, 0.5) is 0 Å². The summed E-state index contributed by atoms with van der Waals surface area (Å²) in [4.78, 5) is 22.7. The van der Waals surface area contributed by atoms with Crippen molar-refractivity contribution in [2.75, 3.05) is 5.75 Å². The Hall–Kier alpha value is -1.15. The lowest BCUT2D eigenvalue weighted by Gasteiger charge is -2.28. The van der Waals surface area contributed by atoms with Gasteiger partial charge in [0.25, 0.3) is 10.1 Å². The number of ether oxygens (including phenoxy) is 2. The summed E-state index contributed by atoms with van der Waals surface area (Å²) in [6, 6.07) is 0. The van der Waals surface area contributed by atoms with Gasteiger partial charge in [0.15, 0.2) is 5.75 Å². The van der Waals surface area contributed by atoms with Crippen molar-refractivity contribution in [3.05, 3.63) is 0 Å². The average Bonchev–Trinajstić information content (AvgIpc) is 2.28. The minimum Gasteiger partial charge on any atom is -0.462 e. The molecule has 1 fully saturated rings. The summed E-state index contributed by atoms with van der Waals surface area (Å²) < 4.78 is 39.8. The van der Waals surface area contributed by atoms with E-state index in [9.17, 15) is 18.0 Å². The molecular weight excluding hydrogens is 288 g/mol. The molecule has 20 heavy (non-hydrogen) atoms. The van der Waals surface area contributed by atoms with Gasteiger partial charge in [-0.05, 0) is 25.7 Å². The van der Waals surface area contributed by atoms with E-state index in [0.717, 1.165) is 0 Å². The van der Waals surface area contributed by atoms with Crippen molar-refractivity contribution in [1.82, 2.24) is 0 Å². The van der Waals surface area contributed by atoms with Gasteiger partial charge in [-0.3, -0.25) is 14.1 Å². The highest BCUT2D eigenvalue weighted by Crippen LogP contribution is 2.24. The second-order valence-electron chi connectivity index (χ2n) is 5.21. The predicted molar refractivity (Wildman–Crippen MR) is 69.5 cm³/mol. The van der Waals surface area contributed by atoms with E-state index in [2.05, 4.69) is 0 Å². The highest BCUT2D eigenvalue weighted by atomic mass is 32.2. The fourth-order valence-electron chi connectivity index (χ4n) is 1.94. The third kappa shape index (κ3) is 6.33. The van der Waals surface area contributed by atoms with Crippen molar-refractivity contribution < 1.29 is 32.0 Å². The zero-order chi connectivity index (χ0) is 15.3. The van der Waals surface area contributed by atoms with E-state index in [0.29, 0.717) is 25.7 Å². The molecule has 0 aromatic rings. The molecule has 1 aliphatic rings. The minimum atomic E-state index is -4.35. The Morgan fingerprint density at radius 1 is 1.10 bits per heavy atom. The first-order valence-electron chi connectivity index (χ1n) is 6.52. The zero-order valence-electron chi connectivity index (χ0n) is 11.6. The van der Waals surface area contributed by atoms with Gasteiger partial charge in [-0.1, -0.05) is 13.8 Å². The molecule has 0 atom stereocenters. The third-order valence-corrected chi connectivity index (χ3v) is 3.57. The van der Waals surface area contributed by atoms with Crippen molar-refractivity contribution in [1.29, 1.82) is 0 Å². The van der Waals surface area contributed by atoms with Crippen LogP contribution in [-0.4, -0.2) is 42.9 Å². The van der Waals surface area contributed by atoms with Crippen LogP contribution in [0.3, 0.4) is 0 Å². The Balaban J connectivity index is 2.32. The lowest BCUT2D eigenvalue weighted by Crippen LogP contribution is -2.32. The minimum absolute atomic E-state index is 0.179. The van der Waals surface area contributed by atoms with Crippen molar-refractivity contribution in [3.8, 4) is 0 Å². The van der Waals surface area contributed by atoms with Crippen LogP contribution in [0.15, 0.2) is 0 Å². The van der Waals surface area contributed by atoms with Gasteiger partial charge in [-0.15, -0.1) is 0 Å². The molecule has 0 saturated heterocycles. The monoisotopic (exact) mass is 308 g/mol. The van der Waals surface area contributed by atoms with Crippen LogP contribution in [0, 0.1) is 5.92 Å². The van der Waals surface area contributed by atoms with Crippen molar-refractivity contribution in [2.45, 2.75) is 51.7 Å². The average molecular weight is 308 g/mol. The molecule has 0 spiro atoms. The van der Waals surface area contributed by atoms with E-state index < -0.39 is 27.9 Å². The van der Waals surface area contributed by atoms with Gasteiger partial charge in [-0.2, -0.15) is 8.42 Å². The molecule has 1 rings (SSSR count). The summed E-state index contributed by atoms with van der Waals surface area (Å²) in [5.74, 6) is -2.43. The highest BCUT2D eigenvalue weighted by molar-refractivity contribution is 7.86. The Bertz CT molecular complexity index is 446. The standard InChI is InChI=1S/C12H20O7S/c1-8(2)12(14)19-10-5-3-9(4-6-10)18-11(13)7-20(15,16)17/h8-10H,3-7H2,1-2H3,(H,15,16,17). The maximum Gasteiger partial charge on any atom is 0.323 e. The van der Waals surface area contributed by atoms with E-state index in [-0.39, 0.29) is 18.0 Å². The molecule has 0 bridgehead atoms. The van der Waals surface area contributed by atoms with E-state index >= 15 is 0 Å². The first kappa shape index (κ1) is 16.9. The number of hydrogen-bond donors (Lipinski definition) is 1. The van der Waals surface area contributed by atoms with Gasteiger partial charge in [-0.25, -0.2) is 0 Å².